The van der Waals surface area contributed by atoms with E-state index in [4.69, 9.17) is 10.8 Å². The van der Waals surface area contributed by atoms with Crippen LogP contribution in [0.2, 0.25) is 0 Å². The number of nitrogens with one attached hydrogen (secondary N) is 5. The molecule has 0 aliphatic rings. The molecule has 138 valence electrons. The predicted octanol–water partition coefficient (Wildman–Crippen LogP) is 4.23. The maximum Gasteiger partial charge on any atom is 0.195 e. The van der Waals surface area contributed by atoms with Crippen molar-refractivity contribution in [1.29, 1.82) is 10.8 Å². The van der Waals surface area contributed by atoms with Crippen LogP contribution < -0.4 is 16.0 Å². The monoisotopic (exact) mass is 347 g/mol. The molecule has 0 aromatic heterocycles. The zero-order chi connectivity index (χ0) is 17.2. The second-order valence-electron chi connectivity index (χ2n) is 7.96. The summed E-state index contributed by atoms with van der Waals surface area (Å²) in [6.07, 6.45) is 7.01. The van der Waals surface area contributed by atoms with E-state index in [0.29, 0.717) is 0 Å². The molecule has 0 atom stereocenters. The van der Waals surface area contributed by atoms with Crippen molar-refractivity contribution < 1.29 is 0 Å². The normalized spacial score (nSPS) is 11.4. The number of rotatable bonds is 8. The van der Waals surface area contributed by atoms with Gasteiger partial charge >= 0.3 is 0 Å². The van der Waals surface area contributed by atoms with Crippen LogP contribution in [-0.4, -0.2) is 24.0 Å². The number of hydrogen-bond acceptors (Lipinski definition) is 2. The second-order valence-corrected chi connectivity index (χ2v) is 7.96. The predicted molar refractivity (Wildman–Crippen MR) is 104 cm³/mol. The highest BCUT2D eigenvalue weighted by Gasteiger charge is 2.26. The van der Waals surface area contributed by atoms with E-state index in [9.17, 15) is 0 Å². The molecule has 0 aliphatic carbocycles. The average molecular weight is 348 g/mol. The van der Waals surface area contributed by atoms with Crippen LogP contribution in [0.15, 0.2) is 0 Å². The molecule has 0 unspecified atom stereocenters. The van der Waals surface area contributed by atoms with Gasteiger partial charge in [0.25, 0.3) is 0 Å². The second kappa shape index (κ2) is 11.5. The smallest absolute Gasteiger partial charge is 0.195 e. The van der Waals surface area contributed by atoms with Gasteiger partial charge in [-0.3, -0.25) is 16.1 Å². The third-order valence-electron chi connectivity index (χ3n) is 3.27. The Balaban J connectivity index is 0. The molecule has 0 heterocycles. The molecular formula is C17H38ClN5. The molecule has 6 heteroatoms. The van der Waals surface area contributed by atoms with Gasteiger partial charge in [0, 0.05) is 12.1 Å². The van der Waals surface area contributed by atoms with Crippen molar-refractivity contribution in [3.63, 3.8) is 0 Å². The van der Waals surface area contributed by atoms with Crippen molar-refractivity contribution >= 4 is 24.3 Å². The average Bonchev–Trinajstić information content (AvgIpc) is 2.29. The molecule has 0 bridgehead atoms. The van der Waals surface area contributed by atoms with E-state index < -0.39 is 0 Å². The molecule has 0 aliphatic heterocycles. The largest absolute Gasteiger partial charge is 0.356 e. The highest BCUT2D eigenvalue weighted by molar-refractivity contribution is 5.95. The minimum absolute atomic E-state index is 0. The first-order valence-electron chi connectivity index (χ1n) is 8.52. The SMILES string of the molecule is CCCCCCCNC(=N)NC(=N)NC(C)(C)CC(C)(C)C.Cl. The van der Waals surface area contributed by atoms with Crippen LogP contribution in [-0.2, 0) is 0 Å². The van der Waals surface area contributed by atoms with Gasteiger partial charge in [0.2, 0.25) is 0 Å². The van der Waals surface area contributed by atoms with Gasteiger partial charge in [-0.25, -0.2) is 0 Å². The van der Waals surface area contributed by atoms with Crippen LogP contribution >= 0.6 is 12.4 Å². The minimum atomic E-state index is -0.178. The summed E-state index contributed by atoms with van der Waals surface area (Å²) in [6.45, 7) is 13.7. The standard InChI is InChI=1S/C17H37N5.ClH/c1-7-8-9-10-11-12-20-14(18)21-15(19)22-17(5,6)13-16(2,3)4;/h7-13H2,1-6H3,(H5,18,19,20,21,22);1H. The fourth-order valence-corrected chi connectivity index (χ4v) is 2.85. The lowest BCUT2D eigenvalue weighted by Crippen LogP contribution is -2.53. The molecule has 0 rings (SSSR count). The topological polar surface area (TPSA) is 83.8 Å². The van der Waals surface area contributed by atoms with Crippen LogP contribution in [0.3, 0.4) is 0 Å². The minimum Gasteiger partial charge on any atom is -0.356 e. The molecule has 5 nitrogen and oxygen atoms in total. The van der Waals surface area contributed by atoms with Gasteiger partial charge in [-0.1, -0.05) is 53.4 Å². The highest BCUT2D eigenvalue weighted by atomic mass is 35.5. The molecule has 23 heavy (non-hydrogen) atoms. The quantitative estimate of drug-likeness (QED) is 0.259. The van der Waals surface area contributed by atoms with Crippen LogP contribution in [0.25, 0.3) is 0 Å². The van der Waals surface area contributed by atoms with Gasteiger partial charge in [0.05, 0.1) is 0 Å². The summed E-state index contributed by atoms with van der Waals surface area (Å²) in [5, 5.41) is 24.7. The Morgan fingerprint density at radius 2 is 1.43 bits per heavy atom. The Morgan fingerprint density at radius 3 is 1.96 bits per heavy atom. The summed E-state index contributed by atoms with van der Waals surface area (Å²) in [6, 6.07) is 0. The maximum atomic E-state index is 7.95. The van der Waals surface area contributed by atoms with Gasteiger partial charge in [-0.15, -0.1) is 12.4 Å². The van der Waals surface area contributed by atoms with Gasteiger partial charge in [-0.05, 0) is 32.1 Å². The van der Waals surface area contributed by atoms with Crippen LogP contribution in [0, 0.1) is 16.2 Å². The lowest BCUT2D eigenvalue weighted by atomic mass is 9.82. The van der Waals surface area contributed by atoms with Gasteiger partial charge in [0.1, 0.15) is 0 Å². The number of unbranched alkanes of at least 4 members (excludes halogenated alkanes) is 4. The molecule has 5 N–H and O–H groups in total. The highest BCUT2D eigenvalue weighted by Crippen LogP contribution is 2.26. The van der Waals surface area contributed by atoms with Crippen molar-refractivity contribution in [2.45, 2.75) is 85.6 Å². The van der Waals surface area contributed by atoms with Crippen LogP contribution in [0.5, 0.6) is 0 Å². The van der Waals surface area contributed by atoms with Crippen molar-refractivity contribution in [3.05, 3.63) is 0 Å². The number of guanidine groups is 2. The summed E-state index contributed by atoms with van der Waals surface area (Å²) in [7, 11) is 0. The zero-order valence-electron chi connectivity index (χ0n) is 15.9. The van der Waals surface area contributed by atoms with E-state index in [-0.39, 0.29) is 35.3 Å². The number of hydrogen-bond donors (Lipinski definition) is 5. The Hall–Kier alpha value is -0.970. The molecule has 0 spiro atoms. The Kier molecular flexibility index (Phi) is 12.2. The summed E-state index contributed by atoms with van der Waals surface area (Å²) in [4.78, 5) is 0. The van der Waals surface area contributed by atoms with Gasteiger partial charge < -0.3 is 10.6 Å². The third kappa shape index (κ3) is 15.7. The lowest BCUT2D eigenvalue weighted by molar-refractivity contribution is 0.266. The summed E-state index contributed by atoms with van der Waals surface area (Å²) in [5.41, 5.74) is 0.0177. The summed E-state index contributed by atoms with van der Waals surface area (Å²) >= 11 is 0. The van der Waals surface area contributed by atoms with E-state index in [1.54, 1.807) is 0 Å². The fraction of sp³-hybridized carbons (Fsp3) is 0.882. The van der Waals surface area contributed by atoms with Crippen LogP contribution in [0.1, 0.15) is 80.1 Å². The fourth-order valence-electron chi connectivity index (χ4n) is 2.85. The van der Waals surface area contributed by atoms with Crippen LogP contribution in [0.4, 0.5) is 0 Å². The third-order valence-corrected chi connectivity index (χ3v) is 3.27. The van der Waals surface area contributed by atoms with Crippen molar-refractivity contribution in [3.8, 4) is 0 Å². The lowest BCUT2D eigenvalue weighted by Gasteiger charge is -2.34. The Morgan fingerprint density at radius 1 is 0.870 bits per heavy atom. The first-order valence-corrected chi connectivity index (χ1v) is 8.52. The van der Waals surface area contributed by atoms with E-state index in [2.05, 4.69) is 57.5 Å². The van der Waals surface area contributed by atoms with Crippen molar-refractivity contribution in [2.24, 2.45) is 5.41 Å². The molecule has 0 aromatic carbocycles. The van der Waals surface area contributed by atoms with Crippen molar-refractivity contribution in [1.82, 2.24) is 16.0 Å². The first-order chi connectivity index (χ1) is 10.1. The number of halogens is 1. The maximum absolute atomic E-state index is 7.95. The molecule has 0 radical (unpaired) electrons. The molecule has 0 amide bonds. The summed E-state index contributed by atoms with van der Waals surface area (Å²) in [5.74, 6) is 0.372. The summed E-state index contributed by atoms with van der Waals surface area (Å²) < 4.78 is 0. The molecular weight excluding hydrogens is 310 g/mol. The van der Waals surface area contributed by atoms with Gasteiger partial charge in [-0.2, -0.15) is 0 Å². The van der Waals surface area contributed by atoms with E-state index in [1.807, 2.05) is 0 Å². The van der Waals surface area contributed by atoms with Gasteiger partial charge in [0.15, 0.2) is 11.9 Å². The van der Waals surface area contributed by atoms with E-state index in [1.165, 1.54) is 25.7 Å². The van der Waals surface area contributed by atoms with E-state index >= 15 is 0 Å². The van der Waals surface area contributed by atoms with E-state index in [0.717, 1.165) is 19.4 Å². The molecule has 0 saturated heterocycles. The Bertz CT molecular complexity index is 347. The van der Waals surface area contributed by atoms with Crippen molar-refractivity contribution in [2.75, 3.05) is 6.54 Å². The first kappa shape index (κ1) is 24.3. The molecule has 0 fully saturated rings. The molecule has 0 saturated carbocycles. The molecule has 0 aromatic rings. The Labute approximate surface area is 149 Å². The zero-order valence-corrected chi connectivity index (χ0v) is 16.7.